The molecule has 1 fully saturated rings. The number of H-pyrrole nitrogens is 1. The van der Waals surface area contributed by atoms with E-state index < -0.39 is 0 Å². The van der Waals surface area contributed by atoms with Crippen molar-refractivity contribution in [3.8, 4) is 0 Å². The number of hydrogen-bond donors (Lipinski definition) is 2. The Morgan fingerprint density at radius 3 is 2.81 bits per heavy atom. The van der Waals surface area contributed by atoms with Gasteiger partial charge >= 0.3 is 0 Å². The average Bonchev–Trinajstić information content (AvgIpc) is 3.24. The van der Waals surface area contributed by atoms with Crippen molar-refractivity contribution in [2.75, 3.05) is 18.5 Å². The van der Waals surface area contributed by atoms with Crippen molar-refractivity contribution >= 4 is 45.5 Å². The van der Waals surface area contributed by atoms with Gasteiger partial charge in [0.2, 0.25) is 0 Å². The van der Waals surface area contributed by atoms with Crippen molar-refractivity contribution in [3.63, 3.8) is 0 Å². The lowest BCUT2D eigenvalue weighted by molar-refractivity contribution is 0.0904. The molecule has 1 atom stereocenters. The fourth-order valence-corrected chi connectivity index (χ4v) is 4.41. The highest BCUT2D eigenvalue weighted by Crippen LogP contribution is 2.22. The van der Waals surface area contributed by atoms with Crippen LogP contribution in [0.4, 0.5) is 5.69 Å². The summed E-state index contributed by atoms with van der Waals surface area (Å²) in [6.45, 7) is 5.84. The quantitative estimate of drug-likeness (QED) is 0.519. The van der Waals surface area contributed by atoms with Gasteiger partial charge < -0.3 is 19.9 Å². The van der Waals surface area contributed by atoms with Crippen LogP contribution in [0.1, 0.15) is 29.5 Å². The maximum atomic E-state index is 12.9. The van der Waals surface area contributed by atoms with Crippen LogP contribution in [-0.4, -0.2) is 34.3 Å². The van der Waals surface area contributed by atoms with Crippen molar-refractivity contribution in [1.29, 1.82) is 0 Å². The second kappa shape index (κ2) is 9.39. The molecular weight excluding hydrogens is 430 g/mol. The smallest absolute Gasteiger partial charge is 0.253 e. The minimum absolute atomic E-state index is 0.0934. The van der Waals surface area contributed by atoms with Crippen LogP contribution in [0.15, 0.2) is 47.3 Å². The fourth-order valence-electron chi connectivity index (χ4n) is 3.96. The van der Waals surface area contributed by atoms with E-state index in [0.29, 0.717) is 28.8 Å². The van der Waals surface area contributed by atoms with Gasteiger partial charge in [-0.15, -0.1) is 0 Å². The van der Waals surface area contributed by atoms with E-state index in [1.807, 2.05) is 48.2 Å². The molecule has 2 N–H and O–H groups in total. The van der Waals surface area contributed by atoms with Crippen LogP contribution in [0, 0.1) is 13.8 Å². The third kappa shape index (κ3) is 5.09. The molecule has 2 aromatic carbocycles. The van der Waals surface area contributed by atoms with E-state index in [9.17, 15) is 4.79 Å². The van der Waals surface area contributed by atoms with E-state index in [1.54, 1.807) is 0 Å². The highest BCUT2D eigenvalue weighted by Gasteiger charge is 2.22. The van der Waals surface area contributed by atoms with E-state index in [4.69, 9.17) is 28.6 Å². The molecule has 5 nitrogen and oxygen atoms in total. The highest BCUT2D eigenvalue weighted by atomic mass is 35.5. The largest absolute Gasteiger partial charge is 0.376 e. The molecule has 4 rings (SSSR count). The number of pyridine rings is 1. The molecule has 1 aliphatic rings. The number of anilines is 1. The molecule has 1 saturated heterocycles. The lowest BCUT2D eigenvalue weighted by atomic mass is 10.0. The summed E-state index contributed by atoms with van der Waals surface area (Å²) in [5.74, 6) is 0. The molecule has 2 heterocycles. The second-order valence-electron chi connectivity index (χ2n) is 8.07. The van der Waals surface area contributed by atoms with E-state index in [2.05, 4.69) is 23.3 Å². The molecule has 0 radical (unpaired) electrons. The van der Waals surface area contributed by atoms with Crippen molar-refractivity contribution in [2.45, 2.75) is 39.3 Å². The zero-order valence-corrected chi connectivity index (χ0v) is 19.3. The summed E-state index contributed by atoms with van der Waals surface area (Å²) in [6, 6.07) is 13.5. The molecule has 0 saturated carbocycles. The first-order valence-corrected chi connectivity index (χ1v) is 11.2. The van der Waals surface area contributed by atoms with Crippen LogP contribution in [0.2, 0.25) is 5.02 Å². The number of rotatable bonds is 5. The van der Waals surface area contributed by atoms with Gasteiger partial charge in [-0.3, -0.25) is 4.79 Å². The summed E-state index contributed by atoms with van der Waals surface area (Å²) in [4.78, 5) is 18.0. The number of hydrogen-bond acceptors (Lipinski definition) is 3. The average molecular weight is 456 g/mol. The maximum absolute atomic E-state index is 12.9. The van der Waals surface area contributed by atoms with Crippen molar-refractivity contribution in [1.82, 2.24) is 9.88 Å². The number of aromatic nitrogens is 1. The third-order valence-corrected chi connectivity index (χ3v) is 6.29. The first-order chi connectivity index (χ1) is 14.9. The molecule has 1 aliphatic heterocycles. The van der Waals surface area contributed by atoms with Gasteiger partial charge in [0.05, 0.1) is 18.2 Å². The van der Waals surface area contributed by atoms with Gasteiger partial charge in [-0.25, -0.2) is 0 Å². The topological polar surface area (TPSA) is 57.4 Å². The van der Waals surface area contributed by atoms with Crippen molar-refractivity contribution in [3.05, 3.63) is 74.5 Å². The Morgan fingerprint density at radius 1 is 1.26 bits per heavy atom. The number of thiocarbonyl (C=S) groups is 1. The van der Waals surface area contributed by atoms with Gasteiger partial charge in [0.25, 0.3) is 5.56 Å². The summed E-state index contributed by atoms with van der Waals surface area (Å²) >= 11 is 11.8. The predicted octanol–water partition coefficient (Wildman–Crippen LogP) is 5.18. The van der Waals surface area contributed by atoms with E-state index in [0.717, 1.165) is 47.2 Å². The Bertz CT molecular complexity index is 1170. The molecule has 1 aromatic heterocycles. The van der Waals surface area contributed by atoms with Crippen LogP contribution < -0.4 is 10.9 Å². The van der Waals surface area contributed by atoms with E-state index in [-0.39, 0.29) is 11.7 Å². The molecule has 162 valence electrons. The third-order valence-electron chi connectivity index (χ3n) is 5.69. The molecule has 0 amide bonds. The summed E-state index contributed by atoms with van der Waals surface area (Å²) < 4.78 is 5.84. The highest BCUT2D eigenvalue weighted by molar-refractivity contribution is 7.80. The Morgan fingerprint density at radius 2 is 2.06 bits per heavy atom. The van der Waals surface area contributed by atoms with Gasteiger partial charge in [-0.05, 0) is 74.3 Å². The maximum Gasteiger partial charge on any atom is 0.253 e. The molecule has 0 spiro atoms. The number of fused-ring (bicyclic) bond motifs is 1. The summed E-state index contributed by atoms with van der Waals surface area (Å²) in [6.07, 6.45) is 2.13. The van der Waals surface area contributed by atoms with Gasteiger partial charge in [-0.2, -0.15) is 0 Å². The first-order valence-electron chi connectivity index (χ1n) is 10.5. The van der Waals surface area contributed by atoms with Crippen LogP contribution in [0.5, 0.6) is 0 Å². The molecule has 1 unspecified atom stereocenters. The number of halogens is 1. The Labute approximate surface area is 192 Å². The number of nitrogens with one attached hydrogen (secondary N) is 2. The SMILES string of the molecule is Cc1ccc(C)c2[nH]c(=O)c(CN(CC3CCCO3)C(=S)Nc3cccc(Cl)c3)cc12. The van der Waals surface area contributed by atoms with Gasteiger partial charge in [-0.1, -0.05) is 29.8 Å². The molecule has 31 heavy (non-hydrogen) atoms. The zero-order chi connectivity index (χ0) is 22.0. The number of aryl methyl sites for hydroxylation is 2. The van der Waals surface area contributed by atoms with Crippen LogP contribution in [0.3, 0.4) is 0 Å². The lowest BCUT2D eigenvalue weighted by Crippen LogP contribution is -2.40. The normalized spacial score (nSPS) is 15.9. The number of benzene rings is 2. The summed E-state index contributed by atoms with van der Waals surface area (Å²) in [5, 5.41) is 5.49. The fraction of sp³-hybridized carbons (Fsp3) is 0.333. The zero-order valence-electron chi connectivity index (χ0n) is 17.7. The van der Waals surface area contributed by atoms with E-state index in [1.165, 1.54) is 0 Å². The minimum atomic E-state index is -0.0934. The van der Waals surface area contributed by atoms with Gasteiger partial charge in [0.1, 0.15) is 0 Å². The lowest BCUT2D eigenvalue weighted by Gasteiger charge is -2.28. The Balaban J connectivity index is 1.63. The number of ether oxygens (including phenoxy) is 1. The molecule has 3 aromatic rings. The first kappa shape index (κ1) is 21.8. The van der Waals surface area contributed by atoms with E-state index >= 15 is 0 Å². The molecule has 0 bridgehead atoms. The Kier molecular flexibility index (Phi) is 6.60. The van der Waals surface area contributed by atoms with Crippen LogP contribution in [0.25, 0.3) is 10.9 Å². The van der Waals surface area contributed by atoms with Crippen molar-refractivity contribution in [2.24, 2.45) is 0 Å². The van der Waals surface area contributed by atoms with Gasteiger partial charge in [0.15, 0.2) is 5.11 Å². The number of aromatic amines is 1. The predicted molar refractivity (Wildman–Crippen MR) is 131 cm³/mol. The number of nitrogens with zero attached hydrogens (tertiary/aromatic N) is 1. The minimum Gasteiger partial charge on any atom is -0.376 e. The Hall–Kier alpha value is -2.41. The second-order valence-corrected chi connectivity index (χ2v) is 8.89. The van der Waals surface area contributed by atoms with Crippen molar-refractivity contribution < 1.29 is 4.74 Å². The molecular formula is C24H26ClN3O2S. The van der Waals surface area contributed by atoms with Crippen LogP contribution in [-0.2, 0) is 11.3 Å². The molecule has 7 heteroatoms. The standard InChI is InChI=1S/C24H26ClN3O2S/c1-15-8-9-16(2)22-21(15)11-17(23(29)27-22)13-28(14-20-7-4-10-30-20)24(31)26-19-6-3-5-18(25)12-19/h3,5-6,8-9,11-12,20H,4,7,10,13-14H2,1-2H3,(H,26,31)(H,27,29). The molecule has 0 aliphatic carbocycles. The van der Waals surface area contributed by atoms with Crippen LogP contribution >= 0.6 is 23.8 Å². The monoisotopic (exact) mass is 455 g/mol. The summed E-state index contributed by atoms with van der Waals surface area (Å²) in [5.41, 5.74) is 4.47. The van der Waals surface area contributed by atoms with Gasteiger partial charge in [0, 0.05) is 34.8 Å². The summed E-state index contributed by atoms with van der Waals surface area (Å²) in [7, 11) is 0.